The Balaban J connectivity index is 4.58. The Kier molecular flexibility index (Phi) is 10.3. The van der Waals surface area contributed by atoms with Gasteiger partial charge in [0.1, 0.15) is 6.61 Å². The summed E-state index contributed by atoms with van der Waals surface area (Å²) >= 11 is 0. The van der Waals surface area contributed by atoms with Gasteiger partial charge in [-0.05, 0) is 54.9 Å². The fourth-order valence-electron chi connectivity index (χ4n) is 2.31. The second-order valence-electron chi connectivity index (χ2n) is 6.85. The Morgan fingerprint density at radius 3 is 2.21 bits per heavy atom. The van der Waals surface area contributed by atoms with E-state index in [1.807, 2.05) is 26.8 Å². The number of rotatable bonds is 10. The Hall–Kier alpha value is -1.62. The first-order valence-corrected chi connectivity index (χ1v) is 8.62. The van der Waals surface area contributed by atoms with Crippen LogP contribution < -0.4 is 5.32 Å². The zero-order valence-electron chi connectivity index (χ0n) is 16.3. The van der Waals surface area contributed by atoms with Crippen LogP contribution in [0.15, 0.2) is 23.8 Å². The Bertz CT molecular complexity index is 467. The first-order valence-electron chi connectivity index (χ1n) is 8.62. The highest BCUT2D eigenvalue weighted by Crippen LogP contribution is 2.11. The molecule has 24 heavy (non-hydrogen) atoms. The monoisotopic (exact) mass is 338 g/mol. The summed E-state index contributed by atoms with van der Waals surface area (Å²) in [5.74, 6) is -0.379. The summed E-state index contributed by atoms with van der Waals surface area (Å²) < 4.78 is 5.18. The van der Waals surface area contributed by atoms with E-state index in [0.29, 0.717) is 24.8 Å². The topological polar surface area (TPSA) is 58.6 Å². The molecular formula is C19H34N2O3. The lowest BCUT2D eigenvalue weighted by atomic mass is 10.1. The minimum atomic E-state index is -0.354. The van der Waals surface area contributed by atoms with E-state index in [-0.39, 0.29) is 24.0 Å². The van der Waals surface area contributed by atoms with Crippen LogP contribution in [0.5, 0.6) is 0 Å². The van der Waals surface area contributed by atoms with E-state index in [4.69, 9.17) is 4.74 Å². The fraction of sp³-hybridized carbons (Fsp3) is 0.684. The number of nitrogens with zero attached hydrogens (tertiary/aromatic N) is 1. The molecule has 138 valence electrons. The molecular weight excluding hydrogens is 304 g/mol. The van der Waals surface area contributed by atoms with Gasteiger partial charge >= 0.3 is 5.97 Å². The van der Waals surface area contributed by atoms with Crippen LogP contribution in [0, 0.1) is 0 Å². The van der Waals surface area contributed by atoms with Crippen LogP contribution in [-0.4, -0.2) is 48.1 Å². The van der Waals surface area contributed by atoms with Gasteiger partial charge < -0.3 is 10.1 Å². The lowest BCUT2D eigenvalue weighted by Crippen LogP contribution is -2.41. The van der Waals surface area contributed by atoms with Gasteiger partial charge in [-0.1, -0.05) is 12.7 Å². The molecule has 0 aliphatic carbocycles. The molecule has 0 saturated carbocycles. The molecule has 5 heteroatoms. The van der Waals surface area contributed by atoms with E-state index >= 15 is 0 Å². The number of nitrogens with one attached hydrogen (secondary N) is 1. The molecule has 0 aliphatic heterocycles. The Morgan fingerprint density at radius 2 is 1.75 bits per heavy atom. The number of carbonyl (C=O) groups excluding carboxylic acids is 2. The SMILES string of the molecule is C=C(C)C(=O)OCCN(C(C)C)C(C)C/C=C(\C)C(=O)NC(C)C. The average molecular weight is 338 g/mol. The molecule has 0 heterocycles. The van der Waals surface area contributed by atoms with Crippen molar-refractivity contribution in [3.8, 4) is 0 Å². The van der Waals surface area contributed by atoms with Gasteiger partial charge in [-0.3, -0.25) is 9.69 Å². The smallest absolute Gasteiger partial charge is 0.333 e. The Morgan fingerprint density at radius 1 is 1.17 bits per heavy atom. The molecule has 0 spiro atoms. The van der Waals surface area contributed by atoms with Crippen LogP contribution in [0.3, 0.4) is 0 Å². The highest BCUT2D eigenvalue weighted by atomic mass is 16.5. The summed E-state index contributed by atoms with van der Waals surface area (Å²) in [7, 11) is 0. The summed E-state index contributed by atoms with van der Waals surface area (Å²) in [4.78, 5) is 25.6. The predicted octanol–water partition coefficient (Wildman–Crippen LogP) is 3.07. The largest absolute Gasteiger partial charge is 0.461 e. The van der Waals surface area contributed by atoms with Gasteiger partial charge in [0.15, 0.2) is 0 Å². The maximum Gasteiger partial charge on any atom is 0.333 e. The third-order valence-electron chi connectivity index (χ3n) is 3.70. The molecule has 0 fully saturated rings. The van der Waals surface area contributed by atoms with Crippen LogP contribution in [0.25, 0.3) is 0 Å². The molecule has 0 aromatic rings. The maximum atomic E-state index is 11.9. The zero-order chi connectivity index (χ0) is 18.9. The van der Waals surface area contributed by atoms with Crippen molar-refractivity contribution in [2.24, 2.45) is 0 Å². The number of hydrogen-bond acceptors (Lipinski definition) is 4. The number of hydrogen-bond donors (Lipinski definition) is 1. The second-order valence-corrected chi connectivity index (χ2v) is 6.85. The van der Waals surface area contributed by atoms with E-state index in [1.165, 1.54) is 0 Å². The van der Waals surface area contributed by atoms with Gasteiger partial charge in [-0.2, -0.15) is 0 Å². The summed E-state index contributed by atoms with van der Waals surface area (Å²) in [6, 6.07) is 0.700. The molecule has 5 nitrogen and oxygen atoms in total. The number of ether oxygens (including phenoxy) is 1. The third kappa shape index (κ3) is 8.87. The molecule has 1 amide bonds. The van der Waals surface area contributed by atoms with Gasteiger partial charge in [-0.25, -0.2) is 4.79 Å². The van der Waals surface area contributed by atoms with Gasteiger partial charge in [0, 0.05) is 35.8 Å². The van der Waals surface area contributed by atoms with Crippen LogP contribution >= 0.6 is 0 Å². The molecule has 0 aliphatic rings. The van der Waals surface area contributed by atoms with Crippen LogP contribution in [-0.2, 0) is 14.3 Å². The van der Waals surface area contributed by atoms with Crippen molar-refractivity contribution < 1.29 is 14.3 Å². The number of amides is 1. The normalized spacial score (nSPS) is 13.3. The molecule has 1 unspecified atom stereocenters. The lowest BCUT2D eigenvalue weighted by molar-refractivity contribution is -0.139. The highest BCUT2D eigenvalue weighted by Gasteiger charge is 2.17. The van der Waals surface area contributed by atoms with E-state index in [0.717, 1.165) is 12.0 Å². The summed E-state index contributed by atoms with van der Waals surface area (Å²) in [6.45, 7) is 18.3. The van der Waals surface area contributed by atoms with Gasteiger partial charge in [-0.15, -0.1) is 0 Å². The summed E-state index contributed by atoms with van der Waals surface area (Å²) in [5.41, 5.74) is 1.14. The van der Waals surface area contributed by atoms with Crippen LogP contribution in [0.1, 0.15) is 54.9 Å². The number of esters is 1. The zero-order valence-corrected chi connectivity index (χ0v) is 16.3. The van der Waals surface area contributed by atoms with E-state index in [9.17, 15) is 9.59 Å². The lowest BCUT2D eigenvalue weighted by Gasteiger charge is -2.32. The van der Waals surface area contributed by atoms with Crippen molar-refractivity contribution in [1.29, 1.82) is 0 Å². The van der Waals surface area contributed by atoms with Gasteiger partial charge in [0.25, 0.3) is 0 Å². The van der Waals surface area contributed by atoms with Crippen molar-refractivity contribution in [2.75, 3.05) is 13.2 Å². The molecule has 0 rings (SSSR count). The Labute approximate surface area is 147 Å². The maximum absolute atomic E-state index is 11.9. The standard InChI is InChI=1S/C19H34N2O3/c1-13(2)19(23)24-12-11-21(15(5)6)17(8)10-9-16(7)18(22)20-14(3)4/h9,14-15,17H,1,10-12H2,2-8H3,(H,20,22)/b16-9+. The molecule has 1 atom stereocenters. The molecule has 0 aromatic heterocycles. The average Bonchev–Trinajstić information content (AvgIpc) is 2.47. The van der Waals surface area contributed by atoms with Crippen molar-refractivity contribution >= 4 is 11.9 Å². The van der Waals surface area contributed by atoms with Crippen molar-refractivity contribution in [3.63, 3.8) is 0 Å². The molecule has 1 N–H and O–H groups in total. The summed E-state index contributed by atoms with van der Waals surface area (Å²) in [6.07, 6.45) is 2.74. The third-order valence-corrected chi connectivity index (χ3v) is 3.70. The minimum absolute atomic E-state index is 0.0244. The van der Waals surface area contributed by atoms with Crippen LogP contribution in [0.2, 0.25) is 0 Å². The number of carbonyl (C=O) groups is 2. The molecule has 0 bridgehead atoms. The van der Waals surface area contributed by atoms with Crippen molar-refractivity contribution in [3.05, 3.63) is 23.8 Å². The molecule has 0 aromatic carbocycles. The van der Waals surface area contributed by atoms with E-state index in [1.54, 1.807) is 6.92 Å². The van der Waals surface area contributed by atoms with E-state index in [2.05, 4.69) is 37.6 Å². The van der Waals surface area contributed by atoms with Gasteiger partial charge in [0.2, 0.25) is 5.91 Å². The minimum Gasteiger partial charge on any atom is -0.461 e. The molecule has 0 saturated heterocycles. The summed E-state index contributed by atoms with van der Waals surface area (Å²) in [5, 5.41) is 2.89. The van der Waals surface area contributed by atoms with Crippen LogP contribution in [0.4, 0.5) is 0 Å². The van der Waals surface area contributed by atoms with Crippen molar-refractivity contribution in [2.45, 2.75) is 73.0 Å². The first kappa shape index (κ1) is 22.4. The van der Waals surface area contributed by atoms with E-state index < -0.39 is 0 Å². The highest BCUT2D eigenvalue weighted by molar-refractivity contribution is 5.92. The quantitative estimate of drug-likeness (QED) is 0.491. The predicted molar refractivity (Wildman–Crippen MR) is 98.7 cm³/mol. The second kappa shape index (κ2) is 11.0. The first-order chi connectivity index (χ1) is 11.1. The van der Waals surface area contributed by atoms with Crippen molar-refractivity contribution in [1.82, 2.24) is 10.2 Å². The van der Waals surface area contributed by atoms with Gasteiger partial charge in [0.05, 0.1) is 0 Å². The molecule has 0 radical (unpaired) electrons. The fourth-order valence-corrected chi connectivity index (χ4v) is 2.31.